The molecule has 1 aromatic rings. The van der Waals surface area contributed by atoms with Crippen LogP contribution in [0, 0.1) is 0 Å². The molecular weight excluding hydrogens is 210 g/mol. The van der Waals surface area contributed by atoms with Gasteiger partial charge in [0.25, 0.3) is 0 Å². The Morgan fingerprint density at radius 3 is 3.19 bits per heavy atom. The molecule has 0 saturated carbocycles. The van der Waals surface area contributed by atoms with E-state index in [1.165, 1.54) is 12.2 Å². The maximum absolute atomic E-state index is 11.0. The van der Waals surface area contributed by atoms with Crippen molar-refractivity contribution in [3.63, 3.8) is 0 Å². The Hall–Kier alpha value is -2.20. The molecule has 0 aliphatic heterocycles. The number of carbonyl (C=O) groups excluding carboxylic acids is 1. The fraction of sp³-hybridized carbons (Fsp3) is 0.300. The van der Waals surface area contributed by atoms with Gasteiger partial charge in [0.15, 0.2) is 0 Å². The summed E-state index contributed by atoms with van der Waals surface area (Å²) in [5.41, 5.74) is 8.11. The van der Waals surface area contributed by atoms with Gasteiger partial charge in [-0.05, 0) is 30.7 Å². The van der Waals surface area contributed by atoms with Crippen molar-refractivity contribution >= 4 is 12.0 Å². The summed E-state index contributed by atoms with van der Waals surface area (Å²) in [4.78, 5) is 13.6. The summed E-state index contributed by atoms with van der Waals surface area (Å²) in [6.07, 6.45) is 2.78. The van der Waals surface area contributed by atoms with Crippen LogP contribution in [0.25, 0.3) is 16.5 Å². The molecule has 1 heterocycles. The molecule has 0 spiro atoms. The number of hydrogen-bond acceptors (Lipinski definition) is 4. The lowest BCUT2D eigenvalue weighted by atomic mass is 10.4. The van der Waals surface area contributed by atoms with Gasteiger partial charge in [-0.2, -0.15) is 0 Å². The number of carbonyl (C=O) groups is 1. The van der Waals surface area contributed by atoms with E-state index in [4.69, 9.17) is 14.7 Å². The number of furan rings is 1. The highest BCUT2D eigenvalue weighted by Crippen LogP contribution is 2.10. The normalized spacial score (nSPS) is 10.1. The molecule has 0 saturated heterocycles. The van der Waals surface area contributed by atoms with E-state index in [9.17, 15) is 4.79 Å². The summed E-state index contributed by atoms with van der Waals surface area (Å²) in [5, 5.41) is 3.35. The first-order valence-corrected chi connectivity index (χ1v) is 4.70. The average molecular weight is 221 g/mol. The molecule has 16 heavy (non-hydrogen) atoms. The third kappa shape index (κ3) is 3.89. The van der Waals surface area contributed by atoms with Crippen LogP contribution >= 0.6 is 0 Å². The number of nitrogens with zero attached hydrogens (tertiary/aromatic N) is 3. The minimum absolute atomic E-state index is 0.156. The Balaban J connectivity index is 2.57. The number of rotatable bonds is 5. The molecule has 6 heteroatoms. The Bertz CT molecular complexity index is 430. The first kappa shape index (κ1) is 11.9. The van der Waals surface area contributed by atoms with Crippen molar-refractivity contribution in [1.82, 2.24) is 0 Å². The largest absolute Gasteiger partial charge is 0.463 e. The zero-order chi connectivity index (χ0) is 11.8. The highest BCUT2D eigenvalue weighted by molar-refractivity contribution is 5.86. The van der Waals surface area contributed by atoms with Crippen molar-refractivity contribution in [2.75, 3.05) is 6.61 Å². The van der Waals surface area contributed by atoms with Crippen LogP contribution in [0.5, 0.6) is 0 Å². The minimum Gasteiger partial charge on any atom is -0.463 e. The molecule has 84 valence electrons. The van der Waals surface area contributed by atoms with Crippen LogP contribution in [0.2, 0.25) is 0 Å². The highest BCUT2D eigenvalue weighted by atomic mass is 16.5. The van der Waals surface area contributed by atoms with Gasteiger partial charge in [0.2, 0.25) is 0 Å². The summed E-state index contributed by atoms with van der Waals surface area (Å²) in [7, 11) is 0. The van der Waals surface area contributed by atoms with E-state index in [0.717, 1.165) is 0 Å². The Morgan fingerprint density at radius 2 is 2.50 bits per heavy atom. The van der Waals surface area contributed by atoms with Gasteiger partial charge in [0, 0.05) is 11.0 Å². The quantitative estimate of drug-likeness (QED) is 0.252. The molecule has 0 bridgehead atoms. The Labute approximate surface area is 92.1 Å². The van der Waals surface area contributed by atoms with Crippen molar-refractivity contribution < 1.29 is 13.9 Å². The third-order valence-electron chi connectivity index (χ3n) is 1.64. The Morgan fingerprint density at radius 1 is 1.69 bits per heavy atom. The molecule has 1 aromatic heterocycles. The second-order valence-electron chi connectivity index (χ2n) is 2.78. The summed E-state index contributed by atoms with van der Waals surface area (Å²) in [6, 6.07) is 3.36. The van der Waals surface area contributed by atoms with Gasteiger partial charge in [0.05, 0.1) is 13.2 Å². The van der Waals surface area contributed by atoms with Gasteiger partial charge in [-0.15, -0.1) is 0 Å². The van der Waals surface area contributed by atoms with E-state index in [2.05, 4.69) is 10.0 Å². The van der Waals surface area contributed by atoms with Gasteiger partial charge in [-0.1, -0.05) is 5.11 Å². The van der Waals surface area contributed by atoms with E-state index in [-0.39, 0.29) is 6.54 Å². The monoisotopic (exact) mass is 221 g/mol. The van der Waals surface area contributed by atoms with Gasteiger partial charge >= 0.3 is 5.97 Å². The van der Waals surface area contributed by atoms with Gasteiger partial charge < -0.3 is 9.15 Å². The van der Waals surface area contributed by atoms with Crippen LogP contribution in [0.3, 0.4) is 0 Å². The van der Waals surface area contributed by atoms with E-state index in [1.807, 2.05) is 0 Å². The van der Waals surface area contributed by atoms with Gasteiger partial charge in [0.1, 0.15) is 11.5 Å². The van der Waals surface area contributed by atoms with Crippen LogP contribution in [0.1, 0.15) is 18.4 Å². The number of hydrogen-bond donors (Lipinski definition) is 0. The van der Waals surface area contributed by atoms with E-state index >= 15 is 0 Å². The topological polar surface area (TPSA) is 88.2 Å². The van der Waals surface area contributed by atoms with E-state index in [0.29, 0.717) is 18.1 Å². The first-order valence-electron chi connectivity index (χ1n) is 4.70. The van der Waals surface area contributed by atoms with Crippen LogP contribution in [0.15, 0.2) is 27.7 Å². The highest BCUT2D eigenvalue weighted by Gasteiger charge is 1.99. The summed E-state index contributed by atoms with van der Waals surface area (Å²) < 4.78 is 9.96. The smallest absolute Gasteiger partial charge is 0.330 e. The SMILES string of the molecule is CCOC(=O)/C=C/c1ccc(CN=[N+]=[N-])o1. The molecular formula is C10H11N3O3. The fourth-order valence-electron chi connectivity index (χ4n) is 1.01. The van der Waals surface area contributed by atoms with E-state index < -0.39 is 5.97 Å². The molecule has 0 fully saturated rings. The number of ether oxygens (including phenoxy) is 1. The minimum atomic E-state index is -0.421. The molecule has 0 unspecified atom stereocenters. The van der Waals surface area contributed by atoms with Crippen molar-refractivity contribution in [3.8, 4) is 0 Å². The summed E-state index contributed by atoms with van der Waals surface area (Å²) >= 11 is 0. The molecule has 0 atom stereocenters. The lowest BCUT2D eigenvalue weighted by Gasteiger charge is -1.93. The Kier molecular flexibility index (Phi) is 4.69. The maximum atomic E-state index is 11.0. The second kappa shape index (κ2) is 6.31. The number of esters is 1. The van der Waals surface area contributed by atoms with Gasteiger partial charge in [-0.3, -0.25) is 0 Å². The van der Waals surface area contributed by atoms with Gasteiger partial charge in [-0.25, -0.2) is 4.79 Å². The van der Waals surface area contributed by atoms with Crippen LogP contribution in [-0.2, 0) is 16.1 Å². The lowest BCUT2D eigenvalue weighted by Crippen LogP contribution is -1.98. The van der Waals surface area contributed by atoms with E-state index in [1.54, 1.807) is 19.1 Å². The maximum Gasteiger partial charge on any atom is 0.330 e. The molecule has 0 aliphatic carbocycles. The van der Waals surface area contributed by atoms with Crippen LogP contribution in [-0.4, -0.2) is 12.6 Å². The zero-order valence-corrected chi connectivity index (χ0v) is 8.79. The summed E-state index contributed by atoms with van der Waals surface area (Å²) in [5.74, 6) is 0.632. The van der Waals surface area contributed by atoms with Crippen molar-refractivity contribution in [2.24, 2.45) is 5.11 Å². The molecule has 1 rings (SSSR count). The molecule has 0 amide bonds. The average Bonchev–Trinajstić information content (AvgIpc) is 2.72. The molecule has 0 aliphatic rings. The lowest BCUT2D eigenvalue weighted by molar-refractivity contribution is -0.137. The van der Waals surface area contributed by atoms with Crippen molar-refractivity contribution in [2.45, 2.75) is 13.5 Å². The predicted molar refractivity (Wildman–Crippen MR) is 57.2 cm³/mol. The third-order valence-corrected chi connectivity index (χ3v) is 1.64. The molecule has 0 radical (unpaired) electrons. The molecule has 6 nitrogen and oxygen atoms in total. The molecule has 0 N–H and O–H groups in total. The summed E-state index contributed by atoms with van der Waals surface area (Å²) in [6.45, 7) is 2.23. The second-order valence-corrected chi connectivity index (χ2v) is 2.78. The standard InChI is InChI=1S/C10H11N3O3/c1-2-15-10(14)6-5-8-3-4-9(16-8)7-12-13-11/h3-6H,2,7H2,1H3/b6-5+. The first-order chi connectivity index (χ1) is 7.76. The molecule has 0 aromatic carbocycles. The van der Waals surface area contributed by atoms with Crippen LogP contribution < -0.4 is 0 Å². The van der Waals surface area contributed by atoms with Crippen LogP contribution in [0.4, 0.5) is 0 Å². The fourth-order valence-corrected chi connectivity index (χ4v) is 1.01. The number of azide groups is 1. The zero-order valence-electron chi connectivity index (χ0n) is 8.79. The van der Waals surface area contributed by atoms with Crippen molar-refractivity contribution in [1.29, 1.82) is 0 Å². The predicted octanol–water partition coefficient (Wildman–Crippen LogP) is 2.67. The van der Waals surface area contributed by atoms with Crippen molar-refractivity contribution in [3.05, 3.63) is 40.2 Å².